The Morgan fingerprint density at radius 3 is 2.92 bits per heavy atom. The third-order valence-electron chi connectivity index (χ3n) is 2.64. The van der Waals surface area contributed by atoms with Crippen molar-refractivity contribution in [1.29, 1.82) is 0 Å². The minimum absolute atomic E-state index is 0.183. The molecule has 1 heterocycles. The molecule has 0 saturated carbocycles. The van der Waals surface area contributed by atoms with Gasteiger partial charge in [0, 0.05) is 18.3 Å². The molecule has 2 unspecified atom stereocenters. The van der Waals surface area contributed by atoms with E-state index in [9.17, 15) is 4.79 Å². The van der Waals surface area contributed by atoms with Crippen LogP contribution in [0.2, 0.25) is 0 Å². The lowest BCUT2D eigenvalue weighted by Crippen LogP contribution is -2.26. The third kappa shape index (κ3) is 3.56. The van der Waals surface area contributed by atoms with Crippen molar-refractivity contribution in [2.24, 2.45) is 11.7 Å². The molecule has 3 nitrogen and oxygen atoms in total. The van der Waals surface area contributed by atoms with E-state index in [2.05, 4.69) is 24.5 Å². The van der Waals surface area contributed by atoms with E-state index in [1.54, 1.807) is 0 Å². The molecule has 13 heavy (non-hydrogen) atoms. The van der Waals surface area contributed by atoms with Gasteiger partial charge >= 0.3 is 0 Å². The molecular weight excluding hydrogens is 184 g/mol. The Bertz CT molecular complexity index is 184. The summed E-state index contributed by atoms with van der Waals surface area (Å²) in [6.45, 7) is 4.26. The predicted molar refractivity (Wildman–Crippen MR) is 56.6 cm³/mol. The number of likely N-dealkylation sites (tertiary alicyclic amines) is 1. The predicted octanol–water partition coefficient (Wildman–Crippen LogP) is 0.850. The molecule has 0 aromatic heterocycles. The molecule has 0 bridgehead atoms. The van der Waals surface area contributed by atoms with Crippen molar-refractivity contribution < 1.29 is 4.79 Å². The van der Waals surface area contributed by atoms with Crippen molar-refractivity contribution in [3.05, 3.63) is 0 Å². The van der Waals surface area contributed by atoms with Gasteiger partial charge in [-0.25, -0.2) is 0 Å². The van der Waals surface area contributed by atoms with Crippen LogP contribution in [-0.4, -0.2) is 29.3 Å². The first-order valence-electron chi connectivity index (χ1n) is 4.80. The van der Waals surface area contributed by atoms with E-state index in [0.29, 0.717) is 17.7 Å². The van der Waals surface area contributed by atoms with Crippen molar-refractivity contribution in [1.82, 2.24) is 4.90 Å². The molecule has 1 aliphatic heterocycles. The van der Waals surface area contributed by atoms with Crippen LogP contribution in [0.3, 0.4) is 0 Å². The number of amides is 1. The highest BCUT2D eigenvalue weighted by Gasteiger charge is 2.24. The Morgan fingerprint density at radius 2 is 2.46 bits per heavy atom. The van der Waals surface area contributed by atoms with Crippen LogP contribution >= 0.6 is 12.6 Å². The van der Waals surface area contributed by atoms with Crippen molar-refractivity contribution in [2.75, 3.05) is 13.1 Å². The minimum atomic E-state index is -0.183. The summed E-state index contributed by atoms with van der Waals surface area (Å²) in [6, 6.07) is 0. The van der Waals surface area contributed by atoms with E-state index < -0.39 is 0 Å². The van der Waals surface area contributed by atoms with Gasteiger partial charge in [-0.05, 0) is 32.2 Å². The number of nitrogens with two attached hydrogens (primary N) is 1. The number of rotatable bonds is 4. The largest absolute Gasteiger partial charge is 0.370 e. The van der Waals surface area contributed by atoms with Gasteiger partial charge in [0.2, 0.25) is 5.91 Å². The number of carbonyl (C=O) groups excluding carboxylic acids is 1. The van der Waals surface area contributed by atoms with Crippen LogP contribution in [0.4, 0.5) is 0 Å². The third-order valence-corrected chi connectivity index (χ3v) is 2.97. The van der Waals surface area contributed by atoms with Crippen LogP contribution in [0.1, 0.15) is 26.2 Å². The summed E-state index contributed by atoms with van der Waals surface area (Å²) in [5.41, 5.74) is 5.10. The van der Waals surface area contributed by atoms with Gasteiger partial charge in [0.05, 0.1) is 0 Å². The molecular formula is C9H18N2OS. The van der Waals surface area contributed by atoms with Gasteiger partial charge in [0.15, 0.2) is 0 Å². The molecule has 76 valence electrons. The van der Waals surface area contributed by atoms with Crippen LogP contribution in [0.25, 0.3) is 0 Å². The van der Waals surface area contributed by atoms with Crippen LogP contribution < -0.4 is 5.73 Å². The first kappa shape index (κ1) is 10.9. The van der Waals surface area contributed by atoms with E-state index in [4.69, 9.17) is 5.73 Å². The highest BCUT2D eigenvalue weighted by atomic mass is 32.1. The number of carbonyl (C=O) groups is 1. The normalized spacial score (nSPS) is 26.2. The average Bonchev–Trinajstić information content (AvgIpc) is 2.48. The molecule has 1 saturated heterocycles. The number of thiol groups is 1. The maximum absolute atomic E-state index is 10.6. The molecule has 2 atom stereocenters. The Balaban J connectivity index is 2.21. The summed E-state index contributed by atoms with van der Waals surface area (Å²) < 4.78 is 0. The molecule has 4 heteroatoms. The van der Waals surface area contributed by atoms with Gasteiger partial charge in [0.25, 0.3) is 0 Å². The first-order valence-corrected chi connectivity index (χ1v) is 5.31. The summed E-state index contributed by atoms with van der Waals surface area (Å²) >= 11 is 4.38. The summed E-state index contributed by atoms with van der Waals surface area (Å²) in [6.07, 6.45) is 2.64. The molecule has 2 N–H and O–H groups in total. The average molecular weight is 202 g/mol. The molecule has 0 aliphatic carbocycles. The highest BCUT2D eigenvalue weighted by Crippen LogP contribution is 2.23. The minimum Gasteiger partial charge on any atom is -0.370 e. The smallest absolute Gasteiger partial charge is 0.217 e. The molecule has 1 fully saturated rings. The molecule has 0 spiro atoms. The van der Waals surface area contributed by atoms with Crippen molar-refractivity contribution in [3.63, 3.8) is 0 Å². The van der Waals surface area contributed by atoms with Crippen LogP contribution in [0.5, 0.6) is 0 Å². The zero-order chi connectivity index (χ0) is 9.84. The van der Waals surface area contributed by atoms with E-state index in [0.717, 1.165) is 19.5 Å². The zero-order valence-electron chi connectivity index (χ0n) is 8.07. The zero-order valence-corrected chi connectivity index (χ0v) is 8.96. The fourth-order valence-electron chi connectivity index (χ4n) is 1.78. The standard InChI is InChI=1S/C9H18N2OS/c1-7(13)11-5-4-8(6-11)2-3-9(10)12/h7-8,13H,2-6H2,1H3,(H2,10,12). The Kier molecular flexibility index (Phi) is 4.06. The second kappa shape index (κ2) is 4.86. The van der Waals surface area contributed by atoms with E-state index in [-0.39, 0.29) is 5.91 Å². The van der Waals surface area contributed by atoms with Crippen molar-refractivity contribution >= 4 is 18.5 Å². The topological polar surface area (TPSA) is 46.3 Å². The number of hydrogen-bond acceptors (Lipinski definition) is 3. The fourth-order valence-corrected chi connectivity index (χ4v) is 1.99. The lowest BCUT2D eigenvalue weighted by Gasteiger charge is -2.19. The Hall–Kier alpha value is -0.220. The first-order chi connectivity index (χ1) is 6.09. The van der Waals surface area contributed by atoms with E-state index in [1.165, 1.54) is 6.42 Å². The SMILES string of the molecule is CC(S)N1CCC(CCC(N)=O)C1. The molecule has 0 aromatic rings. The van der Waals surface area contributed by atoms with Gasteiger partial charge in [-0.1, -0.05) is 0 Å². The highest BCUT2D eigenvalue weighted by molar-refractivity contribution is 7.80. The van der Waals surface area contributed by atoms with E-state index in [1.807, 2.05) is 0 Å². The fraction of sp³-hybridized carbons (Fsp3) is 0.889. The summed E-state index contributed by atoms with van der Waals surface area (Å²) in [7, 11) is 0. The molecule has 1 amide bonds. The van der Waals surface area contributed by atoms with Crippen molar-refractivity contribution in [2.45, 2.75) is 31.6 Å². The Morgan fingerprint density at radius 1 is 1.77 bits per heavy atom. The summed E-state index contributed by atoms with van der Waals surface area (Å²) in [5.74, 6) is 0.458. The molecule has 0 aromatic carbocycles. The second-order valence-electron chi connectivity index (χ2n) is 3.79. The van der Waals surface area contributed by atoms with Gasteiger partial charge in [-0.3, -0.25) is 9.69 Å². The Labute approximate surface area is 85.1 Å². The van der Waals surface area contributed by atoms with Crippen LogP contribution in [-0.2, 0) is 4.79 Å². The molecule has 1 rings (SSSR count). The maximum atomic E-state index is 10.6. The summed E-state index contributed by atoms with van der Waals surface area (Å²) in [4.78, 5) is 12.9. The van der Waals surface area contributed by atoms with E-state index >= 15 is 0 Å². The van der Waals surface area contributed by atoms with Gasteiger partial charge in [-0.15, -0.1) is 0 Å². The van der Waals surface area contributed by atoms with Crippen molar-refractivity contribution in [3.8, 4) is 0 Å². The van der Waals surface area contributed by atoms with Gasteiger partial charge in [0.1, 0.15) is 0 Å². The monoisotopic (exact) mass is 202 g/mol. The second-order valence-corrected chi connectivity index (χ2v) is 4.53. The van der Waals surface area contributed by atoms with Crippen LogP contribution in [0, 0.1) is 5.92 Å². The number of hydrogen-bond donors (Lipinski definition) is 2. The molecule has 0 radical (unpaired) electrons. The van der Waals surface area contributed by atoms with Gasteiger partial charge in [-0.2, -0.15) is 12.6 Å². The quantitative estimate of drug-likeness (QED) is 0.664. The maximum Gasteiger partial charge on any atom is 0.217 e. The lowest BCUT2D eigenvalue weighted by atomic mass is 10.0. The van der Waals surface area contributed by atoms with Gasteiger partial charge < -0.3 is 5.73 Å². The number of primary amides is 1. The molecule has 1 aliphatic rings. The number of nitrogens with zero attached hydrogens (tertiary/aromatic N) is 1. The lowest BCUT2D eigenvalue weighted by molar-refractivity contribution is -0.118. The summed E-state index contributed by atoms with van der Waals surface area (Å²) in [5, 5.41) is 0.332. The van der Waals surface area contributed by atoms with Crippen LogP contribution in [0.15, 0.2) is 0 Å².